The normalized spacial score (nSPS) is 30.4. The Kier molecular flexibility index (Phi) is 4.85. The van der Waals surface area contributed by atoms with E-state index in [-0.39, 0.29) is 11.6 Å². The summed E-state index contributed by atoms with van der Waals surface area (Å²) >= 11 is 0. The number of nitrogens with one attached hydrogen (secondary N) is 1. The largest absolute Gasteiger partial charge is 0.463 e. The second kappa shape index (κ2) is 6.23. The number of ether oxygens (including phenoxy) is 2. The third kappa shape index (κ3) is 5.11. The maximum atomic E-state index is 11.8. The number of fused-ring (bicyclic) bond motifs is 2. The average Bonchev–Trinajstić information content (AvgIpc) is 2.63. The second-order valence-electron chi connectivity index (χ2n) is 6.86. The van der Waals surface area contributed by atoms with E-state index in [0.29, 0.717) is 37.6 Å². The molecule has 19 heavy (non-hydrogen) atoms. The van der Waals surface area contributed by atoms with E-state index < -0.39 is 0 Å². The minimum absolute atomic E-state index is 0.0659. The summed E-state index contributed by atoms with van der Waals surface area (Å²) in [5.74, 6) is 0.443. The zero-order valence-corrected chi connectivity index (χ0v) is 12.4. The minimum atomic E-state index is -0.166. The highest BCUT2D eigenvalue weighted by Crippen LogP contribution is 2.32. The molecule has 2 atom stereocenters. The molecule has 0 amide bonds. The van der Waals surface area contributed by atoms with Crippen LogP contribution < -0.4 is 5.32 Å². The van der Waals surface area contributed by atoms with E-state index in [1.54, 1.807) is 0 Å². The lowest BCUT2D eigenvalue weighted by atomic mass is 9.90. The summed E-state index contributed by atoms with van der Waals surface area (Å²) in [6, 6.07) is 1.28. The van der Waals surface area contributed by atoms with Crippen LogP contribution >= 0.6 is 0 Å². The predicted molar refractivity (Wildman–Crippen MR) is 74.0 cm³/mol. The number of rotatable bonds is 5. The van der Waals surface area contributed by atoms with Crippen molar-refractivity contribution in [2.75, 3.05) is 13.2 Å². The van der Waals surface area contributed by atoms with Crippen molar-refractivity contribution in [1.82, 2.24) is 5.32 Å². The van der Waals surface area contributed by atoms with Gasteiger partial charge in [0.25, 0.3) is 0 Å². The van der Waals surface area contributed by atoms with E-state index in [4.69, 9.17) is 9.47 Å². The Bertz CT molecular complexity index is 299. The van der Waals surface area contributed by atoms with Crippen molar-refractivity contribution in [2.24, 2.45) is 5.92 Å². The first-order valence-corrected chi connectivity index (χ1v) is 7.48. The maximum absolute atomic E-state index is 11.8. The molecule has 0 saturated carbocycles. The lowest BCUT2D eigenvalue weighted by Crippen LogP contribution is -2.38. The van der Waals surface area contributed by atoms with Crippen molar-refractivity contribution in [3.05, 3.63) is 0 Å². The van der Waals surface area contributed by atoms with Crippen LogP contribution in [0.1, 0.15) is 52.9 Å². The highest BCUT2D eigenvalue weighted by molar-refractivity contribution is 5.69. The Hall–Kier alpha value is -0.610. The topological polar surface area (TPSA) is 47.6 Å². The summed E-state index contributed by atoms with van der Waals surface area (Å²) in [5.41, 5.74) is -0.166. The summed E-state index contributed by atoms with van der Waals surface area (Å²) < 4.78 is 10.8. The van der Waals surface area contributed by atoms with Crippen LogP contribution in [0.3, 0.4) is 0 Å². The molecule has 0 spiro atoms. The first-order chi connectivity index (χ1) is 8.92. The Morgan fingerprint density at radius 1 is 1.16 bits per heavy atom. The quantitative estimate of drug-likeness (QED) is 0.614. The minimum Gasteiger partial charge on any atom is -0.463 e. The number of esters is 1. The van der Waals surface area contributed by atoms with Crippen LogP contribution in [-0.4, -0.2) is 36.9 Å². The van der Waals surface area contributed by atoms with Crippen LogP contribution in [0.15, 0.2) is 0 Å². The Morgan fingerprint density at radius 3 is 2.37 bits per heavy atom. The molecule has 2 rings (SSSR count). The molecule has 2 heterocycles. The predicted octanol–water partition coefficient (Wildman–Crippen LogP) is 2.27. The van der Waals surface area contributed by atoms with Crippen LogP contribution in [0, 0.1) is 5.92 Å². The summed E-state index contributed by atoms with van der Waals surface area (Å²) in [5, 5.41) is 3.59. The third-order valence-electron chi connectivity index (χ3n) is 3.91. The highest BCUT2D eigenvalue weighted by atomic mass is 16.6. The molecule has 2 bridgehead atoms. The van der Waals surface area contributed by atoms with Gasteiger partial charge in [0.15, 0.2) is 0 Å². The number of carbonyl (C=O) groups excluding carboxylic acids is 1. The van der Waals surface area contributed by atoms with Crippen molar-refractivity contribution in [3.8, 4) is 0 Å². The highest BCUT2D eigenvalue weighted by Gasteiger charge is 2.34. The smallest absolute Gasteiger partial charge is 0.306 e. The fourth-order valence-electron chi connectivity index (χ4n) is 3.14. The zero-order valence-electron chi connectivity index (χ0n) is 12.4. The molecule has 110 valence electrons. The lowest BCUT2D eigenvalue weighted by Gasteiger charge is -2.28. The molecule has 0 aliphatic carbocycles. The molecule has 2 aliphatic heterocycles. The Morgan fingerprint density at radius 2 is 1.79 bits per heavy atom. The SMILES string of the molecule is CC(C)(C)OCCOC(=O)CC1CC2CCC(C1)N2. The van der Waals surface area contributed by atoms with Gasteiger partial charge in [-0.2, -0.15) is 0 Å². The molecule has 2 aliphatic rings. The van der Waals surface area contributed by atoms with Crippen LogP contribution in [0.5, 0.6) is 0 Å². The van der Waals surface area contributed by atoms with Gasteiger partial charge in [-0.1, -0.05) is 0 Å². The van der Waals surface area contributed by atoms with E-state index in [9.17, 15) is 4.79 Å². The molecule has 0 aromatic carbocycles. The van der Waals surface area contributed by atoms with Crippen LogP contribution in [0.4, 0.5) is 0 Å². The summed E-state index contributed by atoms with van der Waals surface area (Å²) in [6.07, 6.45) is 5.38. The molecular formula is C15H27NO3. The van der Waals surface area contributed by atoms with Gasteiger partial charge in [0.2, 0.25) is 0 Å². The maximum Gasteiger partial charge on any atom is 0.306 e. The third-order valence-corrected chi connectivity index (χ3v) is 3.91. The van der Waals surface area contributed by atoms with Gasteiger partial charge in [-0.3, -0.25) is 4.79 Å². The number of hydrogen-bond donors (Lipinski definition) is 1. The van der Waals surface area contributed by atoms with Gasteiger partial charge in [0.05, 0.1) is 12.2 Å². The van der Waals surface area contributed by atoms with E-state index in [1.165, 1.54) is 12.8 Å². The van der Waals surface area contributed by atoms with E-state index in [2.05, 4.69) is 5.32 Å². The van der Waals surface area contributed by atoms with E-state index >= 15 is 0 Å². The molecular weight excluding hydrogens is 242 g/mol. The Balaban J connectivity index is 1.59. The van der Waals surface area contributed by atoms with Crippen molar-refractivity contribution in [3.63, 3.8) is 0 Å². The number of hydrogen-bond acceptors (Lipinski definition) is 4. The first kappa shape index (κ1) is 14.8. The van der Waals surface area contributed by atoms with Gasteiger partial charge in [-0.05, 0) is 52.4 Å². The molecule has 2 unspecified atom stereocenters. The fraction of sp³-hybridized carbons (Fsp3) is 0.933. The van der Waals surface area contributed by atoms with Gasteiger partial charge in [0.1, 0.15) is 6.61 Å². The van der Waals surface area contributed by atoms with E-state index in [0.717, 1.165) is 12.8 Å². The van der Waals surface area contributed by atoms with Crippen molar-refractivity contribution >= 4 is 5.97 Å². The molecule has 0 radical (unpaired) electrons. The molecule has 2 saturated heterocycles. The lowest BCUT2D eigenvalue weighted by molar-refractivity contribution is -0.148. The molecule has 4 heteroatoms. The molecule has 0 aromatic rings. The van der Waals surface area contributed by atoms with Gasteiger partial charge >= 0.3 is 5.97 Å². The molecule has 0 aromatic heterocycles. The van der Waals surface area contributed by atoms with Gasteiger partial charge in [0, 0.05) is 18.5 Å². The van der Waals surface area contributed by atoms with Gasteiger partial charge in [-0.15, -0.1) is 0 Å². The van der Waals surface area contributed by atoms with Crippen molar-refractivity contribution in [2.45, 2.75) is 70.6 Å². The zero-order chi connectivity index (χ0) is 13.9. The molecule has 2 fully saturated rings. The van der Waals surface area contributed by atoms with Crippen LogP contribution in [-0.2, 0) is 14.3 Å². The summed E-state index contributed by atoms with van der Waals surface area (Å²) in [6.45, 7) is 6.85. The monoisotopic (exact) mass is 269 g/mol. The van der Waals surface area contributed by atoms with Gasteiger partial charge < -0.3 is 14.8 Å². The van der Waals surface area contributed by atoms with Crippen LogP contribution in [0.2, 0.25) is 0 Å². The first-order valence-electron chi connectivity index (χ1n) is 7.48. The molecule has 1 N–H and O–H groups in total. The summed E-state index contributed by atoms with van der Waals surface area (Å²) in [7, 11) is 0. The van der Waals surface area contributed by atoms with Crippen molar-refractivity contribution in [1.29, 1.82) is 0 Å². The standard InChI is InChI=1S/C15H27NO3/c1-15(2,3)19-7-6-18-14(17)10-11-8-12-4-5-13(9-11)16-12/h11-13,16H,4-10H2,1-3H3. The second-order valence-corrected chi connectivity index (χ2v) is 6.86. The van der Waals surface area contributed by atoms with Gasteiger partial charge in [-0.25, -0.2) is 0 Å². The van der Waals surface area contributed by atoms with Crippen molar-refractivity contribution < 1.29 is 14.3 Å². The number of piperidine rings is 1. The summed E-state index contributed by atoms with van der Waals surface area (Å²) in [4.78, 5) is 11.8. The molecule has 4 nitrogen and oxygen atoms in total. The van der Waals surface area contributed by atoms with Crippen LogP contribution in [0.25, 0.3) is 0 Å². The number of carbonyl (C=O) groups is 1. The van der Waals surface area contributed by atoms with E-state index in [1.807, 2.05) is 20.8 Å². The average molecular weight is 269 g/mol. The Labute approximate surface area is 116 Å². The fourth-order valence-corrected chi connectivity index (χ4v) is 3.14.